The fourth-order valence-corrected chi connectivity index (χ4v) is 4.86. The van der Waals surface area contributed by atoms with Gasteiger partial charge in [0, 0.05) is 36.7 Å². The number of aromatic nitrogens is 1. The van der Waals surface area contributed by atoms with Crippen molar-refractivity contribution in [1.29, 1.82) is 0 Å². The number of aryl methyl sites for hydroxylation is 1. The summed E-state index contributed by atoms with van der Waals surface area (Å²) in [5, 5.41) is 12.8. The summed E-state index contributed by atoms with van der Waals surface area (Å²) in [6, 6.07) is 12.9. The fraction of sp³-hybridized carbons (Fsp3) is 0.227. The van der Waals surface area contributed by atoms with Crippen LogP contribution >= 0.6 is 0 Å². The summed E-state index contributed by atoms with van der Waals surface area (Å²) in [5.41, 5.74) is 2.26. The number of carbonyl (C=O) groups excluding carboxylic acids is 1. The normalized spacial score (nSPS) is 15.0. The Bertz CT molecular complexity index is 1200. The van der Waals surface area contributed by atoms with Crippen molar-refractivity contribution in [2.24, 2.45) is 0 Å². The molecule has 3 aromatic rings. The number of anilines is 1. The van der Waals surface area contributed by atoms with E-state index in [0.717, 1.165) is 11.3 Å². The van der Waals surface area contributed by atoms with Gasteiger partial charge in [0.25, 0.3) is 5.91 Å². The number of hydrogen-bond acceptors (Lipinski definition) is 5. The maximum Gasteiger partial charge on any atom is 0.255 e. The minimum Gasteiger partial charge on any atom is -0.506 e. The first-order valence-corrected chi connectivity index (χ1v) is 11.3. The van der Waals surface area contributed by atoms with Gasteiger partial charge in [0.2, 0.25) is 10.0 Å². The Labute approximate surface area is 180 Å². The van der Waals surface area contributed by atoms with E-state index in [0.29, 0.717) is 18.8 Å². The predicted octanol–water partition coefficient (Wildman–Crippen LogP) is 2.76. The number of carbonyl (C=O) groups is 1. The number of benzene rings is 2. The lowest BCUT2D eigenvalue weighted by Crippen LogP contribution is -2.40. The molecular formula is C22H23N3O5S. The number of amides is 1. The molecule has 0 unspecified atom stereocenters. The van der Waals surface area contributed by atoms with Crippen molar-refractivity contribution in [3.63, 3.8) is 0 Å². The molecule has 31 heavy (non-hydrogen) atoms. The highest BCUT2D eigenvalue weighted by molar-refractivity contribution is 7.89. The number of phenols is 1. The van der Waals surface area contributed by atoms with Crippen LogP contribution in [0.15, 0.2) is 65.8 Å². The van der Waals surface area contributed by atoms with E-state index >= 15 is 0 Å². The van der Waals surface area contributed by atoms with Crippen LogP contribution in [-0.4, -0.2) is 54.6 Å². The average molecular weight is 442 g/mol. The Morgan fingerprint density at radius 1 is 1.06 bits per heavy atom. The molecule has 1 amide bonds. The zero-order valence-corrected chi connectivity index (χ0v) is 17.8. The van der Waals surface area contributed by atoms with Gasteiger partial charge in [-0.1, -0.05) is 6.07 Å². The van der Waals surface area contributed by atoms with Crippen molar-refractivity contribution in [2.45, 2.75) is 11.8 Å². The molecule has 0 aliphatic carbocycles. The molecule has 8 nitrogen and oxygen atoms in total. The molecule has 4 rings (SSSR count). The monoisotopic (exact) mass is 441 g/mol. The molecule has 0 atom stereocenters. The summed E-state index contributed by atoms with van der Waals surface area (Å²) in [7, 11) is -3.76. The number of phenolic OH excluding ortho intramolecular Hbond substituents is 1. The maximum absolute atomic E-state index is 12.9. The van der Waals surface area contributed by atoms with Gasteiger partial charge in [-0.05, 0) is 55.0 Å². The second-order valence-corrected chi connectivity index (χ2v) is 9.18. The van der Waals surface area contributed by atoms with Crippen LogP contribution in [0, 0.1) is 6.92 Å². The first kappa shape index (κ1) is 21.1. The molecule has 1 fully saturated rings. The quantitative estimate of drug-likeness (QED) is 0.593. The summed E-state index contributed by atoms with van der Waals surface area (Å²) in [5.74, 6) is -0.670. The molecule has 2 aromatic carbocycles. The summed E-state index contributed by atoms with van der Waals surface area (Å²) in [6.45, 7) is 3.13. The van der Waals surface area contributed by atoms with E-state index in [-0.39, 0.29) is 29.4 Å². The van der Waals surface area contributed by atoms with Crippen LogP contribution in [0.1, 0.15) is 15.9 Å². The zero-order chi connectivity index (χ0) is 22.0. The van der Waals surface area contributed by atoms with E-state index in [4.69, 9.17) is 4.74 Å². The van der Waals surface area contributed by atoms with Gasteiger partial charge in [-0.2, -0.15) is 4.31 Å². The predicted molar refractivity (Wildman–Crippen MR) is 116 cm³/mol. The van der Waals surface area contributed by atoms with Gasteiger partial charge in [-0.25, -0.2) is 8.42 Å². The van der Waals surface area contributed by atoms with Crippen molar-refractivity contribution in [3.8, 4) is 11.4 Å². The smallest absolute Gasteiger partial charge is 0.255 e. The Balaban J connectivity index is 1.60. The maximum atomic E-state index is 12.9. The fourth-order valence-electron chi connectivity index (χ4n) is 3.43. The van der Waals surface area contributed by atoms with Crippen LogP contribution in [0.4, 0.5) is 5.69 Å². The third-order valence-electron chi connectivity index (χ3n) is 5.18. The largest absolute Gasteiger partial charge is 0.506 e. The Kier molecular flexibility index (Phi) is 5.81. The number of aromatic hydroxyl groups is 1. The summed E-state index contributed by atoms with van der Waals surface area (Å²) in [4.78, 5) is 12.9. The van der Waals surface area contributed by atoms with Crippen molar-refractivity contribution in [3.05, 3.63) is 72.1 Å². The lowest BCUT2D eigenvalue weighted by molar-refractivity contribution is 0.0730. The number of rotatable bonds is 5. The lowest BCUT2D eigenvalue weighted by Gasteiger charge is -2.26. The first-order chi connectivity index (χ1) is 14.9. The number of nitrogens with zero attached hydrogens (tertiary/aromatic N) is 2. The van der Waals surface area contributed by atoms with Gasteiger partial charge < -0.3 is 19.7 Å². The highest BCUT2D eigenvalue weighted by Gasteiger charge is 2.27. The van der Waals surface area contributed by atoms with Crippen LogP contribution < -0.4 is 5.32 Å². The zero-order valence-electron chi connectivity index (χ0n) is 17.0. The van der Waals surface area contributed by atoms with Gasteiger partial charge in [0.15, 0.2) is 0 Å². The van der Waals surface area contributed by atoms with E-state index < -0.39 is 15.9 Å². The van der Waals surface area contributed by atoms with Gasteiger partial charge in [0.05, 0.1) is 23.8 Å². The molecule has 1 aromatic heterocycles. The summed E-state index contributed by atoms with van der Waals surface area (Å²) < 4.78 is 34.2. The van der Waals surface area contributed by atoms with Gasteiger partial charge in [0.1, 0.15) is 5.75 Å². The molecule has 162 valence electrons. The number of nitrogens with one attached hydrogen (secondary N) is 1. The van der Waals surface area contributed by atoms with Crippen LogP contribution in [0.2, 0.25) is 0 Å². The number of sulfonamides is 1. The van der Waals surface area contributed by atoms with Crippen molar-refractivity contribution >= 4 is 21.6 Å². The molecule has 0 bridgehead atoms. The standard InChI is InChI=1S/C22H23N3O5S/c1-16-4-5-17(14-20(16)24-8-2-3-9-24)22(27)23-19-15-18(6-7-21(19)26)31(28,29)25-10-12-30-13-11-25/h2-9,14-15,26H,10-13H2,1H3,(H,23,27). The molecular weight excluding hydrogens is 418 g/mol. The molecule has 1 aliphatic heterocycles. The van der Waals surface area contributed by atoms with Crippen LogP contribution in [-0.2, 0) is 14.8 Å². The molecule has 9 heteroatoms. The van der Waals surface area contributed by atoms with E-state index in [1.807, 2.05) is 42.1 Å². The molecule has 1 aliphatic rings. The lowest BCUT2D eigenvalue weighted by atomic mass is 10.1. The van der Waals surface area contributed by atoms with Crippen molar-refractivity contribution < 1.29 is 23.1 Å². The number of hydrogen-bond donors (Lipinski definition) is 2. The topological polar surface area (TPSA) is 101 Å². The summed E-state index contributed by atoms with van der Waals surface area (Å²) in [6.07, 6.45) is 3.77. The number of ether oxygens (including phenoxy) is 1. The van der Waals surface area contributed by atoms with Gasteiger partial charge in [-0.15, -0.1) is 0 Å². The van der Waals surface area contributed by atoms with E-state index in [2.05, 4.69) is 5.32 Å². The Morgan fingerprint density at radius 2 is 1.77 bits per heavy atom. The molecule has 0 saturated carbocycles. The molecule has 2 N–H and O–H groups in total. The van der Waals surface area contributed by atoms with Crippen molar-refractivity contribution in [2.75, 3.05) is 31.6 Å². The Hall–Kier alpha value is -3.14. The third kappa shape index (κ3) is 4.34. The van der Waals surface area contributed by atoms with E-state index in [1.165, 1.54) is 22.5 Å². The average Bonchev–Trinajstić information content (AvgIpc) is 3.30. The van der Waals surface area contributed by atoms with E-state index in [1.54, 1.807) is 12.1 Å². The van der Waals surface area contributed by atoms with Crippen molar-refractivity contribution in [1.82, 2.24) is 8.87 Å². The minimum absolute atomic E-state index is 0.000522. The highest BCUT2D eigenvalue weighted by atomic mass is 32.2. The Morgan fingerprint density at radius 3 is 2.48 bits per heavy atom. The first-order valence-electron chi connectivity index (χ1n) is 9.82. The second kappa shape index (κ2) is 8.54. The van der Waals surface area contributed by atoms with Crippen LogP contribution in [0.25, 0.3) is 5.69 Å². The third-order valence-corrected chi connectivity index (χ3v) is 7.07. The van der Waals surface area contributed by atoms with Gasteiger partial charge >= 0.3 is 0 Å². The minimum atomic E-state index is -3.76. The van der Waals surface area contributed by atoms with Crippen LogP contribution in [0.5, 0.6) is 5.75 Å². The molecule has 1 saturated heterocycles. The second-order valence-electron chi connectivity index (χ2n) is 7.24. The van der Waals surface area contributed by atoms with E-state index in [9.17, 15) is 18.3 Å². The van der Waals surface area contributed by atoms with Crippen LogP contribution in [0.3, 0.4) is 0 Å². The SMILES string of the molecule is Cc1ccc(C(=O)Nc2cc(S(=O)(=O)N3CCOCC3)ccc2O)cc1-n1cccc1. The molecule has 0 radical (unpaired) electrons. The summed E-state index contributed by atoms with van der Waals surface area (Å²) >= 11 is 0. The number of morpholine rings is 1. The highest BCUT2D eigenvalue weighted by Crippen LogP contribution is 2.29. The molecule has 0 spiro atoms. The molecule has 2 heterocycles. The van der Waals surface area contributed by atoms with Gasteiger partial charge in [-0.3, -0.25) is 4.79 Å².